The molecule has 1 aliphatic heterocycles. The van der Waals surface area contributed by atoms with Crippen LogP contribution in [0, 0.1) is 35.5 Å². The van der Waals surface area contributed by atoms with Gasteiger partial charge in [-0.25, -0.2) is 0 Å². The molecule has 0 aromatic rings. The molecule has 0 N–H and O–H groups in total. The fourth-order valence-electron chi connectivity index (χ4n) is 10.8. The second-order valence-corrected chi connectivity index (χ2v) is 12.6. The van der Waals surface area contributed by atoms with E-state index < -0.39 is 0 Å². The van der Waals surface area contributed by atoms with Crippen molar-refractivity contribution in [1.82, 2.24) is 9.80 Å². The topological polar surface area (TPSA) is 6.48 Å². The molecule has 2 nitrogen and oxygen atoms in total. The summed E-state index contributed by atoms with van der Waals surface area (Å²) in [5.41, 5.74) is 1.29. The molecule has 0 amide bonds. The molecular formula is C25H40N2. The van der Waals surface area contributed by atoms with Crippen molar-refractivity contribution in [3.05, 3.63) is 0 Å². The van der Waals surface area contributed by atoms with E-state index in [2.05, 4.69) is 9.80 Å². The Labute approximate surface area is 166 Å². The first kappa shape index (κ1) is 16.7. The van der Waals surface area contributed by atoms with Crippen LogP contribution in [0.4, 0.5) is 0 Å². The molecule has 0 atom stereocenters. The number of nitrogens with zero attached hydrogens (tertiary/aromatic N) is 2. The lowest BCUT2D eigenvalue weighted by Gasteiger charge is -2.61. The Kier molecular flexibility index (Phi) is 3.55. The third-order valence-electron chi connectivity index (χ3n) is 10.8. The van der Waals surface area contributed by atoms with E-state index in [1.807, 2.05) is 0 Å². The molecule has 1 saturated heterocycles. The molecule has 9 aliphatic rings. The Morgan fingerprint density at radius 1 is 0.407 bits per heavy atom. The predicted molar refractivity (Wildman–Crippen MR) is 110 cm³/mol. The highest BCUT2D eigenvalue weighted by Crippen LogP contribution is 2.59. The molecule has 0 aromatic carbocycles. The van der Waals surface area contributed by atoms with E-state index in [4.69, 9.17) is 0 Å². The Bertz CT molecular complexity index is 487. The minimum atomic E-state index is 0.645. The van der Waals surface area contributed by atoms with Gasteiger partial charge in [0.05, 0.1) is 0 Å². The summed E-state index contributed by atoms with van der Waals surface area (Å²) >= 11 is 0. The van der Waals surface area contributed by atoms with Crippen molar-refractivity contribution in [2.24, 2.45) is 35.5 Å². The van der Waals surface area contributed by atoms with Gasteiger partial charge in [0.25, 0.3) is 0 Å². The maximum absolute atomic E-state index is 3.07. The SMILES string of the molecule is C1CN(C23CC4CC(CC(C4)C2)C3)CCN(C23CC4CC(CC(C4)C2)C3)C1. The third-order valence-corrected chi connectivity index (χ3v) is 10.8. The monoisotopic (exact) mass is 368 g/mol. The second-order valence-electron chi connectivity index (χ2n) is 12.6. The Morgan fingerprint density at radius 3 is 1.00 bits per heavy atom. The lowest BCUT2D eigenvalue weighted by Crippen LogP contribution is -2.62. The molecule has 8 saturated carbocycles. The Hall–Kier alpha value is -0.0800. The molecule has 8 aliphatic carbocycles. The molecule has 8 bridgehead atoms. The van der Waals surface area contributed by atoms with Gasteiger partial charge >= 0.3 is 0 Å². The van der Waals surface area contributed by atoms with Crippen LogP contribution in [0.1, 0.15) is 83.5 Å². The van der Waals surface area contributed by atoms with Crippen LogP contribution in [0.5, 0.6) is 0 Å². The molecule has 27 heavy (non-hydrogen) atoms. The maximum atomic E-state index is 3.07. The van der Waals surface area contributed by atoms with Crippen molar-refractivity contribution in [3.8, 4) is 0 Å². The predicted octanol–water partition coefficient (Wildman–Crippen LogP) is 4.93. The zero-order chi connectivity index (χ0) is 17.6. The van der Waals surface area contributed by atoms with Crippen LogP contribution in [0.25, 0.3) is 0 Å². The molecular weight excluding hydrogens is 328 g/mol. The third kappa shape index (κ3) is 2.51. The van der Waals surface area contributed by atoms with Crippen molar-refractivity contribution < 1.29 is 0 Å². The molecule has 9 fully saturated rings. The fraction of sp³-hybridized carbons (Fsp3) is 1.00. The summed E-state index contributed by atoms with van der Waals surface area (Å²) in [5, 5.41) is 0. The van der Waals surface area contributed by atoms with E-state index >= 15 is 0 Å². The van der Waals surface area contributed by atoms with Crippen LogP contribution < -0.4 is 0 Å². The highest BCUT2D eigenvalue weighted by atomic mass is 15.3. The molecule has 9 rings (SSSR count). The summed E-state index contributed by atoms with van der Waals surface area (Å²) in [4.78, 5) is 6.13. The summed E-state index contributed by atoms with van der Waals surface area (Å²) in [5.74, 6) is 6.58. The van der Waals surface area contributed by atoms with Gasteiger partial charge < -0.3 is 0 Å². The summed E-state index contributed by atoms with van der Waals surface area (Å²) in [7, 11) is 0. The number of hydrogen-bond acceptors (Lipinski definition) is 2. The van der Waals surface area contributed by atoms with Gasteiger partial charge in [0, 0.05) is 24.2 Å². The van der Waals surface area contributed by atoms with E-state index in [9.17, 15) is 0 Å². The van der Waals surface area contributed by atoms with Crippen LogP contribution in [0.2, 0.25) is 0 Å². The first-order valence-corrected chi connectivity index (χ1v) is 12.7. The van der Waals surface area contributed by atoms with Crippen LogP contribution >= 0.6 is 0 Å². The van der Waals surface area contributed by atoms with Gasteiger partial charge in [0.2, 0.25) is 0 Å². The van der Waals surface area contributed by atoms with E-state index in [0.29, 0.717) is 11.1 Å². The van der Waals surface area contributed by atoms with Crippen LogP contribution in [-0.4, -0.2) is 47.1 Å². The summed E-state index contributed by atoms with van der Waals surface area (Å²) in [6, 6.07) is 0. The first-order valence-electron chi connectivity index (χ1n) is 12.7. The maximum Gasteiger partial charge on any atom is 0.0218 e. The average Bonchev–Trinajstić information content (AvgIpc) is 2.86. The smallest absolute Gasteiger partial charge is 0.0218 e. The highest BCUT2D eigenvalue weighted by molar-refractivity contribution is 5.10. The molecule has 0 radical (unpaired) electrons. The molecule has 0 spiro atoms. The Balaban J connectivity index is 1.10. The zero-order valence-corrected chi connectivity index (χ0v) is 17.4. The molecule has 0 aromatic heterocycles. The van der Waals surface area contributed by atoms with Crippen LogP contribution in [-0.2, 0) is 0 Å². The fourth-order valence-corrected chi connectivity index (χ4v) is 10.8. The zero-order valence-electron chi connectivity index (χ0n) is 17.4. The summed E-state index contributed by atoms with van der Waals surface area (Å²) < 4.78 is 0. The van der Waals surface area contributed by atoms with Crippen molar-refractivity contribution in [1.29, 1.82) is 0 Å². The van der Waals surface area contributed by atoms with E-state index in [0.717, 1.165) is 35.5 Å². The van der Waals surface area contributed by atoms with Gasteiger partial charge in [0.1, 0.15) is 0 Å². The van der Waals surface area contributed by atoms with Crippen molar-refractivity contribution in [3.63, 3.8) is 0 Å². The van der Waals surface area contributed by atoms with E-state index in [1.165, 1.54) is 32.6 Å². The summed E-state index contributed by atoms with van der Waals surface area (Å²) in [6.45, 7) is 5.62. The first-order chi connectivity index (χ1) is 13.2. The van der Waals surface area contributed by atoms with Gasteiger partial charge in [-0.3, -0.25) is 9.80 Å². The average molecular weight is 369 g/mol. The van der Waals surface area contributed by atoms with Crippen molar-refractivity contribution >= 4 is 0 Å². The van der Waals surface area contributed by atoms with Crippen molar-refractivity contribution in [2.75, 3.05) is 26.2 Å². The minimum absolute atomic E-state index is 0.645. The van der Waals surface area contributed by atoms with Crippen molar-refractivity contribution in [2.45, 2.75) is 94.5 Å². The van der Waals surface area contributed by atoms with Crippen LogP contribution in [0.3, 0.4) is 0 Å². The van der Waals surface area contributed by atoms with Gasteiger partial charge in [-0.05, 0) is 132 Å². The van der Waals surface area contributed by atoms with Gasteiger partial charge in [0.15, 0.2) is 0 Å². The lowest BCUT2D eigenvalue weighted by molar-refractivity contribution is -0.0981. The second kappa shape index (κ2) is 5.75. The minimum Gasteiger partial charge on any atom is -0.296 e. The van der Waals surface area contributed by atoms with Crippen LogP contribution in [0.15, 0.2) is 0 Å². The summed E-state index contributed by atoms with van der Waals surface area (Å²) in [6.07, 6.45) is 20.4. The van der Waals surface area contributed by atoms with E-state index in [1.54, 1.807) is 77.0 Å². The molecule has 2 heteroatoms. The number of hydrogen-bond donors (Lipinski definition) is 0. The Morgan fingerprint density at radius 2 is 0.704 bits per heavy atom. The molecule has 150 valence electrons. The number of rotatable bonds is 2. The standard InChI is InChI=1S/C25H40N2/c1-2-26(24-12-18-6-19(13-24)8-20(7-18)14-24)4-5-27(3-1)25-15-21-9-22(16-25)11-23(10-21)17-25/h18-23H,1-17H2. The lowest BCUT2D eigenvalue weighted by atomic mass is 9.52. The quantitative estimate of drug-likeness (QED) is 0.682. The largest absolute Gasteiger partial charge is 0.296 e. The van der Waals surface area contributed by atoms with E-state index in [-0.39, 0.29) is 0 Å². The van der Waals surface area contributed by atoms with Gasteiger partial charge in [-0.1, -0.05) is 0 Å². The molecule has 0 unspecified atom stereocenters. The highest BCUT2D eigenvalue weighted by Gasteiger charge is 2.56. The van der Waals surface area contributed by atoms with Gasteiger partial charge in [-0.2, -0.15) is 0 Å². The normalized spacial score (nSPS) is 57.3. The molecule has 1 heterocycles. The van der Waals surface area contributed by atoms with Gasteiger partial charge in [-0.15, -0.1) is 0 Å².